The Morgan fingerprint density at radius 1 is 0.385 bits per heavy atom. The summed E-state index contributed by atoms with van der Waals surface area (Å²) in [6.45, 7) is 11.8. The summed E-state index contributed by atoms with van der Waals surface area (Å²) >= 11 is 0. The van der Waals surface area contributed by atoms with Crippen molar-refractivity contribution in [2.75, 3.05) is 30.8 Å². The van der Waals surface area contributed by atoms with Crippen LogP contribution in [0.25, 0.3) is 0 Å². The number of rotatable bonds is 17. The van der Waals surface area contributed by atoms with Gasteiger partial charge in [0.15, 0.2) is 0 Å². The van der Waals surface area contributed by atoms with Gasteiger partial charge in [0.2, 0.25) is 0 Å². The minimum absolute atomic E-state index is 1.10. The van der Waals surface area contributed by atoms with Crippen molar-refractivity contribution in [2.24, 2.45) is 0 Å². The van der Waals surface area contributed by atoms with Gasteiger partial charge in [0.25, 0.3) is 0 Å². The second kappa shape index (κ2) is 19.6. The monoisotopic (exact) mass is 566 g/mol. The van der Waals surface area contributed by atoms with Gasteiger partial charge in [0, 0.05) is 0 Å². The maximum absolute atomic E-state index is 2.39. The molecule has 0 saturated heterocycles. The van der Waals surface area contributed by atoms with Crippen molar-refractivity contribution < 1.29 is 0 Å². The van der Waals surface area contributed by atoms with Crippen molar-refractivity contribution in [1.82, 2.24) is 0 Å². The summed E-state index contributed by atoms with van der Waals surface area (Å²) in [4.78, 5) is 0. The molecule has 3 aromatic rings. The van der Waals surface area contributed by atoms with Gasteiger partial charge in [-0.05, 0) is 0 Å². The van der Waals surface area contributed by atoms with Gasteiger partial charge in [-0.15, -0.1) is 0 Å². The molecular formula is C37H60P2. The number of hydrogen-bond acceptors (Lipinski definition) is 0. The van der Waals surface area contributed by atoms with E-state index in [1.807, 2.05) is 0 Å². The van der Waals surface area contributed by atoms with E-state index in [-0.39, 0.29) is 0 Å². The Kier molecular flexibility index (Phi) is 16.9. The van der Waals surface area contributed by atoms with Gasteiger partial charge in [-0.25, -0.2) is 0 Å². The summed E-state index contributed by atoms with van der Waals surface area (Å²) in [5.41, 5.74) is 4.64. The normalized spacial score (nSPS) is 12.4. The van der Waals surface area contributed by atoms with Gasteiger partial charge in [-0.1, -0.05) is 0 Å². The van der Waals surface area contributed by atoms with Crippen LogP contribution in [-0.4, -0.2) is 30.8 Å². The molecule has 3 aromatic carbocycles. The van der Waals surface area contributed by atoms with Crippen LogP contribution in [0.1, 0.15) is 89.8 Å². The molecule has 39 heavy (non-hydrogen) atoms. The number of benzene rings is 3. The molecule has 2 heteroatoms. The minimum atomic E-state index is -1.23. The summed E-state index contributed by atoms with van der Waals surface area (Å²) in [7, 11) is -2.32. The van der Waals surface area contributed by atoms with Gasteiger partial charge in [0.1, 0.15) is 0 Å². The van der Waals surface area contributed by atoms with E-state index in [1.54, 1.807) is 24.0 Å². The van der Waals surface area contributed by atoms with Crippen molar-refractivity contribution in [2.45, 2.75) is 91.6 Å². The topological polar surface area (TPSA) is 0 Å². The van der Waals surface area contributed by atoms with Crippen molar-refractivity contribution in [3.05, 3.63) is 108 Å². The van der Waals surface area contributed by atoms with E-state index >= 15 is 0 Å². The Bertz CT molecular complexity index is 899. The van der Waals surface area contributed by atoms with Crippen LogP contribution >= 0.6 is 14.5 Å². The van der Waals surface area contributed by atoms with Crippen molar-refractivity contribution in [1.29, 1.82) is 0 Å². The molecule has 0 N–H and O–H groups in total. The third kappa shape index (κ3) is 12.7. The molecule has 0 aromatic heterocycles. The van der Waals surface area contributed by atoms with E-state index in [1.165, 1.54) is 80.5 Å². The SMILES string of the molecule is CCCC[PH](CCCC)(CCCC)Cc1ccccc1.CC[PH](CC)(Cc1ccccc1)Cc1ccccc1. The molecule has 3 rings (SSSR count). The molecule has 0 spiro atoms. The van der Waals surface area contributed by atoms with Crippen LogP contribution in [0.15, 0.2) is 91.0 Å². The average Bonchev–Trinajstić information content (AvgIpc) is 2.99. The van der Waals surface area contributed by atoms with Gasteiger partial charge >= 0.3 is 245 Å². The summed E-state index contributed by atoms with van der Waals surface area (Å²) in [6.07, 6.45) is 19.9. The Morgan fingerprint density at radius 2 is 0.667 bits per heavy atom. The van der Waals surface area contributed by atoms with Crippen LogP contribution in [0.5, 0.6) is 0 Å². The Labute approximate surface area is 244 Å². The Hall–Kier alpha value is -1.48. The third-order valence-electron chi connectivity index (χ3n) is 8.95. The zero-order chi connectivity index (χ0) is 28.2. The maximum atomic E-state index is 2.39. The van der Waals surface area contributed by atoms with Crippen molar-refractivity contribution >= 4 is 14.5 Å². The van der Waals surface area contributed by atoms with Crippen molar-refractivity contribution in [3.8, 4) is 0 Å². The zero-order valence-corrected chi connectivity index (χ0v) is 28.1. The van der Waals surface area contributed by atoms with E-state index in [4.69, 9.17) is 0 Å². The first-order chi connectivity index (χ1) is 19.0. The first-order valence-electron chi connectivity index (χ1n) is 16.2. The molecule has 0 aliphatic carbocycles. The molecule has 0 heterocycles. The number of unbranched alkanes of at least 4 members (excludes halogenated alkanes) is 3. The third-order valence-corrected chi connectivity index (χ3v) is 19.7. The predicted octanol–water partition coefficient (Wildman–Crippen LogP) is 11.5. The first-order valence-corrected chi connectivity index (χ1v) is 21.8. The molecule has 0 aliphatic rings. The standard InChI is InChI=1S/C19H35P.C18H25P/c1-4-7-15-20(16-8-5-2,17-9-6-3)18-19-13-11-10-12-14-19;1-3-19(4-2,15-17-11-7-5-8-12-17)16-18-13-9-6-10-14-18/h10-14,20H,4-9,15-18H2,1-3H3;5-14,19H,3-4,15-16H2,1-2H3. The first kappa shape index (κ1) is 33.7. The second-order valence-corrected chi connectivity index (χ2v) is 22.0. The summed E-state index contributed by atoms with van der Waals surface area (Å²) < 4.78 is 0. The zero-order valence-electron chi connectivity index (χ0n) is 26.1. The van der Waals surface area contributed by atoms with Gasteiger partial charge in [-0.2, -0.15) is 0 Å². The molecule has 0 bridgehead atoms. The van der Waals surface area contributed by atoms with Gasteiger partial charge in [-0.3, -0.25) is 0 Å². The molecule has 0 unspecified atom stereocenters. The molecule has 0 nitrogen and oxygen atoms in total. The average molecular weight is 567 g/mol. The molecular weight excluding hydrogens is 506 g/mol. The van der Waals surface area contributed by atoms with Gasteiger partial charge in [0.05, 0.1) is 0 Å². The van der Waals surface area contributed by atoms with E-state index in [9.17, 15) is 0 Å². The predicted molar refractivity (Wildman–Crippen MR) is 187 cm³/mol. The molecule has 0 fully saturated rings. The van der Waals surface area contributed by atoms with Crippen LogP contribution in [0.3, 0.4) is 0 Å². The summed E-state index contributed by atoms with van der Waals surface area (Å²) in [6, 6.07) is 33.3. The Balaban J connectivity index is 0.000000274. The van der Waals surface area contributed by atoms with E-state index in [2.05, 4.69) is 126 Å². The van der Waals surface area contributed by atoms with Crippen LogP contribution in [0.4, 0.5) is 0 Å². The molecule has 0 amide bonds. The second-order valence-electron chi connectivity index (χ2n) is 12.0. The molecule has 0 radical (unpaired) electrons. The van der Waals surface area contributed by atoms with Crippen LogP contribution in [0.2, 0.25) is 0 Å². The summed E-state index contributed by atoms with van der Waals surface area (Å²) in [5.74, 6) is 0. The molecule has 0 atom stereocenters. The summed E-state index contributed by atoms with van der Waals surface area (Å²) in [5, 5.41) is 0. The van der Waals surface area contributed by atoms with Crippen LogP contribution in [-0.2, 0) is 18.5 Å². The Morgan fingerprint density at radius 3 is 0.923 bits per heavy atom. The molecule has 0 saturated carbocycles. The van der Waals surface area contributed by atoms with Crippen LogP contribution in [0, 0.1) is 0 Å². The van der Waals surface area contributed by atoms with Gasteiger partial charge < -0.3 is 0 Å². The molecule has 0 aliphatic heterocycles. The van der Waals surface area contributed by atoms with Crippen LogP contribution < -0.4 is 0 Å². The van der Waals surface area contributed by atoms with E-state index in [0.29, 0.717) is 0 Å². The van der Waals surface area contributed by atoms with E-state index < -0.39 is 14.5 Å². The fourth-order valence-corrected chi connectivity index (χ4v) is 15.7. The fourth-order valence-electron chi connectivity index (χ4n) is 6.19. The molecule has 218 valence electrons. The van der Waals surface area contributed by atoms with Crippen molar-refractivity contribution in [3.63, 3.8) is 0 Å². The van der Waals surface area contributed by atoms with E-state index in [0.717, 1.165) is 0 Å². The number of hydrogen-bond donors (Lipinski definition) is 0. The fraction of sp³-hybridized carbons (Fsp3) is 0.514. The quantitative estimate of drug-likeness (QED) is 0.143.